The van der Waals surface area contributed by atoms with E-state index >= 15 is 0 Å². The molecular weight excluding hydrogens is 286 g/mol. The van der Waals surface area contributed by atoms with Gasteiger partial charge in [0.15, 0.2) is 0 Å². The van der Waals surface area contributed by atoms with Crippen LogP contribution in [0.25, 0.3) is 0 Å². The molecule has 0 aliphatic heterocycles. The largest absolute Gasteiger partial charge is 0.382 e. The fourth-order valence-corrected chi connectivity index (χ4v) is 3.20. The Morgan fingerprint density at radius 1 is 1.24 bits per heavy atom. The number of nitrogens with zero attached hydrogens (tertiary/aromatic N) is 1. The summed E-state index contributed by atoms with van der Waals surface area (Å²) in [4.78, 5) is 0.276. The highest BCUT2D eigenvalue weighted by atomic mass is 32.2. The molecular formula is C15H27N3O2S. The molecule has 5 nitrogen and oxygen atoms in total. The van der Waals surface area contributed by atoms with Crippen LogP contribution in [0.1, 0.15) is 27.2 Å². The Hall–Kier alpha value is -1.11. The van der Waals surface area contributed by atoms with Crippen molar-refractivity contribution in [3.05, 3.63) is 24.3 Å². The van der Waals surface area contributed by atoms with Gasteiger partial charge in [-0.2, -0.15) is 0 Å². The van der Waals surface area contributed by atoms with Crippen molar-refractivity contribution < 1.29 is 8.42 Å². The SMILES string of the molecule is CN(C)S(=O)(=O)c1ccccc1NCC(N)CC(C)(C)C. The molecule has 0 aliphatic carbocycles. The average Bonchev–Trinajstić information content (AvgIpc) is 2.34. The minimum absolute atomic E-state index is 0.0277. The number of hydrogen-bond donors (Lipinski definition) is 2. The molecule has 1 aromatic rings. The maximum atomic E-state index is 12.3. The maximum absolute atomic E-state index is 12.3. The van der Waals surface area contributed by atoms with Crippen LogP contribution >= 0.6 is 0 Å². The Bertz CT molecular complexity index is 563. The molecule has 0 amide bonds. The van der Waals surface area contributed by atoms with Crippen molar-refractivity contribution >= 4 is 15.7 Å². The monoisotopic (exact) mass is 313 g/mol. The first-order valence-electron chi connectivity index (χ1n) is 7.05. The minimum Gasteiger partial charge on any atom is -0.382 e. The molecule has 3 N–H and O–H groups in total. The molecule has 120 valence electrons. The minimum atomic E-state index is -3.46. The number of sulfonamides is 1. The zero-order valence-corrected chi connectivity index (χ0v) is 14.4. The molecule has 0 aromatic heterocycles. The van der Waals surface area contributed by atoms with Gasteiger partial charge in [0, 0.05) is 26.7 Å². The van der Waals surface area contributed by atoms with Crippen molar-refractivity contribution in [3.8, 4) is 0 Å². The predicted molar refractivity (Wildman–Crippen MR) is 87.9 cm³/mol. The van der Waals surface area contributed by atoms with Crippen molar-refractivity contribution in [2.24, 2.45) is 11.1 Å². The summed E-state index contributed by atoms with van der Waals surface area (Å²) in [6, 6.07) is 6.87. The zero-order valence-electron chi connectivity index (χ0n) is 13.6. The van der Waals surface area contributed by atoms with E-state index in [0.717, 1.165) is 6.42 Å². The highest BCUT2D eigenvalue weighted by molar-refractivity contribution is 7.89. The third kappa shape index (κ3) is 5.30. The van der Waals surface area contributed by atoms with Crippen LogP contribution in [0.3, 0.4) is 0 Å². The van der Waals surface area contributed by atoms with Gasteiger partial charge >= 0.3 is 0 Å². The lowest BCUT2D eigenvalue weighted by Gasteiger charge is -2.24. The van der Waals surface area contributed by atoms with Gasteiger partial charge < -0.3 is 11.1 Å². The fraction of sp³-hybridized carbons (Fsp3) is 0.600. The van der Waals surface area contributed by atoms with Gasteiger partial charge in [-0.3, -0.25) is 0 Å². The average molecular weight is 313 g/mol. The first kappa shape index (κ1) is 17.9. The molecule has 0 heterocycles. The van der Waals surface area contributed by atoms with Crippen LogP contribution in [0.15, 0.2) is 29.2 Å². The van der Waals surface area contributed by atoms with Gasteiger partial charge in [-0.05, 0) is 24.0 Å². The lowest BCUT2D eigenvalue weighted by Crippen LogP contribution is -2.33. The smallest absolute Gasteiger partial charge is 0.244 e. The summed E-state index contributed by atoms with van der Waals surface area (Å²) in [6.45, 7) is 6.95. The number of benzene rings is 1. The van der Waals surface area contributed by atoms with Gasteiger partial charge in [0.2, 0.25) is 10.0 Å². The highest BCUT2D eigenvalue weighted by Crippen LogP contribution is 2.24. The van der Waals surface area contributed by atoms with Gasteiger partial charge in [-0.1, -0.05) is 32.9 Å². The van der Waals surface area contributed by atoms with Crippen molar-refractivity contribution in [1.82, 2.24) is 4.31 Å². The molecule has 0 aliphatic rings. The van der Waals surface area contributed by atoms with Crippen molar-refractivity contribution in [3.63, 3.8) is 0 Å². The Morgan fingerprint density at radius 2 is 1.81 bits per heavy atom. The molecule has 1 rings (SSSR count). The summed E-state index contributed by atoms with van der Waals surface area (Å²) in [5.74, 6) is 0. The van der Waals surface area contributed by atoms with Crippen LogP contribution in [-0.4, -0.2) is 39.4 Å². The molecule has 1 unspecified atom stereocenters. The third-order valence-electron chi connectivity index (χ3n) is 3.07. The quantitative estimate of drug-likeness (QED) is 0.843. The molecule has 0 bridgehead atoms. The van der Waals surface area contributed by atoms with E-state index in [4.69, 9.17) is 5.73 Å². The van der Waals surface area contributed by atoms with Crippen LogP contribution in [-0.2, 0) is 10.0 Å². The van der Waals surface area contributed by atoms with E-state index in [2.05, 4.69) is 26.1 Å². The van der Waals surface area contributed by atoms with E-state index in [1.807, 2.05) is 6.07 Å². The first-order chi connectivity index (χ1) is 9.54. The van der Waals surface area contributed by atoms with E-state index in [9.17, 15) is 8.42 Å². The van der Waals surface area contributed by atoms with E-state index in [1.54, 1.807) is 18.2 Å². The van der Waals surface area contributed by atoms with E-state index in [-0.39, 0.29) is 16.4 Å². The normalized spacial score (nSPS) is 14.2. The highest BCUT2D eigenvalue weighted by Gasteiger charge is 2.21. The summed E-state index contributed by atoms with van der Waals surface area (Å²) in [7, 11) is -0.410. The van der Waals surface area contributed by atoms with Crippen LogP contribution < -0.4 is 11.1 Å². The van der Waals surface area contributed by atoms with E-state index in [0.29, 0.717) is 12.2 Å². The summed E-state index contributed by atoms with van der Waals surface area (Å²) >= 11 is 0. The Labute approximate surface area is 128 Å². The molecule has 1 aromatic carbocycles. The number of para-hydroxylation sites is 1. The molecule has 1 atom stereocenters. The molecule has 0 spiro atoms. The summed E-state index contributed by atoms with van der Waals surface area (Å²) in [5.41, 5.74) is 6.85. The maximum Gasteiger partial charge on any atom is 0.244 e. The van der Waals surface area contributed by atoms with Crippen LogP contribution in [0.4, 0.5) is 5.69 Å². The van der Waals surface area contributed by atoms with Crippen LogP contribution in [0, 0.1) is 5.41 Å². The Kier molecular flexibility index (Phi) is 5.78. The molecule has 21 heavy (non-hydrogen) atoms. The van der Waals surface area contributed by atoms with Crippen LogP contribution in [0.5, 0.6) is 0 Å². The molecule has 0 saturated carbocycles. The number of anilines is 1. The van der Waals surface area contributed by atoms with Crippen LogP contribution in [0.2, 0.25) is 0 Å². The second-order valence-electron chi connectivity index (χ2n) is 6.69. The van der Waals surface area contributed by atoms with E-state index in [1.165, 1.54) is 18.4 Å². The summed E-state index contributed by atoms with van der Waals surface area (Å²) in [5, 5.41) is 3.17. The topological polar surface area (TPSA) is 75.4 Å². The van der Waals surface area contributed by atoms with Gasteiger partial charge in [-0.15, -0.1) is 0 Å². The number of nitrogens with one attached hydrogen (secondary N) is 1. The number of nitrogens with two attached hydrogens (primary N) is 1. The third-order valence-corrected chi connectivity index (χ3v) is 4.95. The number of rotatable bonds is 6. The summed E-state index contributed by atoms with van der Waals surface area (Å²) in [6.07, 6.45) is 0.864. The Morgan fingerprint density at radius 3 is 2.33 bits per heavy atom. The van der Waals surface area contributed by atoms with Gasteiger partial charge in [-0.25, -0.2) is 12.7 Å². The molecule has 0 saturated heterocycles. The molecule has 0 fully saturated rings. The zero-order chi connectivity index (χ0) is 16.3. The van der Waals surface area contributed by atoms with E-state index < -0.39 is 10.0 Å². The van der Waals surface area contributed by atoms with Crippen molar-refractivity contribution in [2.75, 3.05) is 26.0 Å². The second-order valence-corrected chi connectivity index (χ2v) is 8.81. The molecule has 6 heteroatoms. The lowest BCUT2D eigenvalue weighted by atomic mass is 9.88. The van der Waals surface area contributed by atoms with Crippen molar-refractivity contribution in [1.29, 1.82) is 0 Å². The fourth-order valence-electron chi connectivity index (χ4n) is 2.13. The van der Waals surface area contributed by atoms with Gasteiger partial charge in [0.1, 0.15) is 4.90 Å². The summed E-state index contributed by atoms with van der Waals surface area (Å²) < 4.78 is 25.8. The standard InChI is InChI=1S/C15H27N3O2S/c1-15(2,3)10-12(16)11-17-13-8-6-7-9-14(13)21(19,20)18(4)5/h6-9,12,17H,10-11,16H2,1-5H3. The number of hydrogen-bond acceptors (Lipinski definition) is 4. The Balaban J connectivity index is 2.87. The van der Waals surface area contributed by atoms with Gasteiger partial charge in [0.25, 0.3) is 0 Å². The second kappa shape index (κ2) is 6.77. The predicted octanol–water partition coefficient (Wildman–Crippen LogP) is 2.11. The van der Waals surface area contributed by atoms with Gasteiger partial charge in [0.05, 0.1) is 5.69 Å². The molecule has 0 radical (unpaired) electrons. The lowest BCUT2D eigenvalue weighted by molar-refractivity contribution is 0.344. The first-order valence-corrected chi connectivity index (χ1v) is 8.49. The van der Waals surface area contributed by atoms with Crippen molar-refractivity contribution in [2.45, 2.75) is 38.1 Å².